The van der Waals surface area contributed by atoms with Crippen LogP contribution >= 0.6 is 0 Å². The van der Waals surface area contributed by atoms with Gasteiger partial charge in [-0.15, -0.1) is 0 Å². The van der Waals surface area contributed by atoms with Gasteiger partial charge < -0.3 is 21.7 Å². The first-order valence-electron chi connectivity index (χ1n) is 5.92. The van der Waals surface area contributed by atoms with Crippen molar-refractivity contribution in [3.63, 3.8) is 0 Å². The average Bonchev–Trinajstić information content (AvgIpc) is 2.45. The number of phenolic OH excluding ortho intramolecular Hbond substituents is 1. The first-order chi connectivity index (χ1) is 9.47. The van der Waals surface area contributed by atoms with Crippen LogP contribution in [0, 0.1) is 6.92 Å². The molecule has 0 aliphatic carbocycles. The van der Waals surface area contributed by atoms with Crippen molar-refractivity contribution in [2.45, 2.75) is 13.5 Å². The first kappa shape index (κ1) is 15.6. The highest BCUT2D eigenvalue weighted by Crippen LogP contribution is 2.23. The van der Waals surface area contributed by atoms with Gasteiger partial charge in [0, 0.05) is 11.4 Å². The van der Waals surface area contributed by atoms with Gasteiger partial charge in [0.25, 0.3) is 0 Å². The van der Waals surface area contributed by atoms with Gasteiger partial charge in [0.15, 0.2) is 0 Å². The van der Waals surface area contributed by atoms with Crippen LogP contribution < -0.4 is 16.9 Å². The zero-order valence-corrected chi connectivity index (χ0v) is 11.2. The third-order valence-corrected chi connectivity index (χ3v) is 2.67. The molecule has 108 valence electrons. The molecule has 0 spiro atoms. The second kappa shape index (κ2) is 7.22. The average molecular weight is 277 g/mol. The van der Waals surface area contributed by atoms with E-state index in [1.54, 1.807) is 11.5 Å². The molecule has 0 unspecified atom stereocenters. The van der Waals surface area contributed by atoms with E-state index >= 15 is 0 Å². The standard InChI is InChI=1S/C8H11NO.C6H8N2O2/c1-6-2-3-7(5-10)4-8(6)9;7-4-1-2-6(9)5(3-4)8-10/h2-4,10H,5,9H2,1H3;1-3,8-10H,7H2. The molecular formula is C14H19N3O3. The van der Waals surface area contributed by atoms with E-state index in [-0.39, 0.29) is 18.0 Å². The lowest BCUT2D eigenvalue weighted by Gasteiger charge is -2.01. The zero-order valence-electron chi connectivity index (χ0n) is 11.2. The molecule has 0 amide bonds. The van der Waals surface area contributed by atoms with Gasteiger partial charge in [0.05, 0.1) is 6.61 Å². The molecule has 0 atom stereocenters. The summed E-state index contributed by atoms with van der Waals surface area (Å²) in [5.41, 5.74) is 16.1. The highest BCUT2D eigenvalue weighted by Gasteiger charge is 1.97. The van der Waals surface area contributed by atoms with Crippen molar-refractivity contribution in [3.8, 4) is 5.75 Å². The summed E-state index contributed by atoms with van der Waals surface area (Å²) in [4.78, 5) is 0. The number of anilines is 3. The van der Waals surface area contributed by atoms with Crippen molar-refractivity contribution < 1.29 is 15.4 Å². The van der Waals surface area contributed by atoms with E-state index in [0.29, 0.717) is 5.69 Å². The largest absolute Gasteiger partial charge is 0.506 e. The Morgan fingerprint density at radius 2 is 1.80 bits per heavy atom. The van der Waals surface area contributed by atoms with Crippen LogP contribution in [0.4, 0.5) is 17.1 Å². The molecule has 0 radical (unpaired) electrons. The van der Waals surface area contributed by atoms with E-state index in [2.05, 4.69) is 0 Å². The Labute approximate surface area is 117 Å². The van der Waals surface area contributed by atoms with Crippen LogP contribution in [0.25, 0.3) is 0 Å². The Kier molecular flexibility index (Phi) is 5.64. The van der Waals surface area contributed by atoms with Gasteiger partial charge in [-0.2, -0.15) is 0 Å². The second-order valence-electron chi connectivity index (χ2n) is 4.24. The number of hydrogen-bond acceptors (Lipinski definition) is 6. The molecule has 0 aliphatic heterocycles. The molecule has 0 fully saturated rings. The summed E-state index contributed by atoms with van der Waals surface area (Å²) >= 11 is 0. The van der Waals surface area contributed by atoms with E-state index in [4.69, 9.17) is 26.9 Å². The minimum atomic E-state index is -0.0308. The fourth-order valence-corrected chi connectivity index (χ4v) is 1.43. The monoisotopic (exact) mass is 277 g/mol. The first-order valence-corrected chi connectivity index (χ1v) is 5.92. The minimum absolute atomic E-state index is 0.0308. The molecule has 0 bridgehead atoms. The van der Waals surface area contributed by atoms with Gasteiger partial charge in [-0.25, -0.2) is 0 Å². The SMILES string of the molecule is Cc1ccc(CO)cc1N.Nc1ccc(O)c(NO)c1. The molecule has 8 N–H and O–H groups in total. The smallest absolute Gasteiger partial charge is 0.141 e. The summed E-state index contributed by atoms with van der Waals surface area (Å²) in [6.07, 6.45) is 0. The molecule has 0 aromatic heterocycles. The summed E-state index contributed by atoms with van der Waals surface area (Å²) in [5.74, 6) is -0.0308. The number of aromatic hydroxyl groups is 1. The summed E-state index contributed by atoms with van der Waals surface area (Å²) in [6, 6.07) is 9.92. The molecule has 0 aliphatic rings. The van der Waals surface area contributed by atoms with Gasteiger partial charge in [-0.3, -0.25) is 10.7 Å². The fraction of sp³-hybridized carbons (Fsp3) is 0.143. The maximum absolute atomic E-state index is 8.96. The Bertz CT molecular complexity index is 574. The van der Waals surface area contributed by atoms with Crippen molar-refractivity contribution in [2.24, 2.45) is 0 Å². The molecule has 0 saturated carbocycles. The maximum Gasteiger partial charge on any atom is 0.141 e. The molecule has 0 heterocycles. The van der Waals surface area contributed by atoms with Crippen LogP contribution in [-0.2, 0) is 6.61 Å². The van der Waals surface area contributed by atoms with Crippen molar-refractivity contribution in [2.75, 3.05) is 16.9 Å². The number of rotatable bonds is 2. The van der Waals surface area contributed by atoms with Crippen LogP contribution in [0.5, 0.6) is 5.75 Å². The Hall–Kier alpha value is -2.44. The Morgan fingerprint density at radius 3 is 2.30 bits per heavy atom. The number of nitrogens with one attached hydrogen (secondary N) is 1. The van der Waals surface area contributed by atoms with E-state index in [0.717, 1.165) is 16.8 Å². The maximum atomic E-state index is 8.96. The van der Waals surface area contributed by atoms with Gasteiger partial charge >= 0.3 is 0 Å². The molecule has 2 rings (SSSR count). The van der Waals surface area contributed by atoms with E-state index in [1.807, 2.05) is 19.1 Å². The van der Waals surface area contributed by atoms with Gasteiger partial charge in [0.1, 0.15) is 11.4 Å². The predicted molar refractivity (Wildman–Crippen MR) is 79.4 cm³/mol. The predicted octanol–water partition coefficient (Wildman–Crippen LogP) is 1.85. The Morgan fingerprint density at radius 1 is 1.10 bits per heavy atom. The fourth-order valence-electron chi connectivity index (χ4n) is 1.43. The summed E-state index contributed by atoms with van der Waals surface area (Å²) in [6.45, 7) is 2.00. The Balaban J connectivity index is 0.000000200. The van der Waals surface area contributed by atoms with Crippen molar-refractivity contribution >= 4 is 17.1 Å². The van der Waals surface area contributed by atoms with Crippen LogP contribution in [0.15, 0.2) is 36.4 Å². The molecule has 20 heavy (non-hydrogen) atoms. The normalized spacial score (nSPS) is 9.55. The van der Waals surface area contributed by atoms with E-state index in [9.17, 15) is 0 Å². The topological polar surface area (TPSA) is 125 Å². The van der Waals surface area contributed by atoms with Crippen LogP contribution in [-0.4, -0.2) is 15.4 Å². The van der Waals surface area contributed by atoms with Crippen LogP contribution in [0.1, 0.15) is 11.1 Å². The molecule has 6 heteroatoms. The number of aliphatic hydroxyl groups is 1. The van der Waals surface area contributed by atoms with E-state index in [1.165, 1.54) is 18.2 Å². The second-order valence-corrected chi connectivity index (χ2v) is 4.24. The van der Waals surface area contributed by atoms with Crippen molar-refractivity contribution in [3.05, 3.63) is 47.5 Å². The highest BCUT2D eigenvalue weighted by atomic mass is 16.5. The van der Waals surface area contributed by atoms with Crippen molar-refractivity contribution in [1.82, 2.24) is 0 Å². The quantitative estimate of drug-likeness (QED) is 0.215. The van der Waals surface area contributed by atoms with Crippen LogP contribution in [0.3, 0.4) is 0 Å². The van der Waals surface area contributed by atoms with Gasteiger partial charge in [0.2, 0.25) is 0 Å². The van der Waals surface area contributed by atoms with Gasteiger partial charge in [-0.05, 0) is 42.3 Å². The number of aliphatic hydroxyl groups excluding tert-OH is 1. The highest BCUT2D eigenvalue weighted by molar-refractivity contribution is 5.61. The number of nitrogen functional groups attached to an aromatic ring is 2. The number of phenols is 1. The third kappa shape index (κ3) is 4.34. The summed E-state index contributed by atoms with van der Waals surface area (Å²) < 4.78 is 0. The zero-order chi connectivity index (χ0) is 15.1. The summed E-state index contributed by atoms with van der Waals surface area (Å²) in [7, 11) is 0. The number of hydrogen-bond donors (Lipinski definition) is 6. The minimum Gasteiger partial charge on any atom is -0.506 e. The summed E-state index contributed by atoms with van der Waals surface area (Å²) in [5, 5.41) is 26.0. The van der Waals surface area contributed by atoms with Gasteiger partial charge in [-0.1, -0.05) is 12.1 Å². The lowest BCUT2D eigenvalue weighted by molar-refractivity contribution is 0.282. The molecule has 2 aromatic rings. The molecular weight excluding hydrogens is 258 g/mol. The lowest BCUT2D eigenvalue weighted by Crippen LogP contribution is -1.91. The number of nitrogens with two attached hydrogens (primary N) is 2. The van der Waals surface area contributed by atoms with Crippen molar-refractivity contribution in [1.29, 1.82) is 0 Å². The molecule has 2 aromatic carbocycles. The number of aryl methyl sites for hydroxylation is 1. The van der Waals surface area contributed by atoms with Crippen LogP contribution in [0.2, 0.25) is 0 Å². The number of benzene rings is 2. The molecule has 0 saturated heterocycles. The lowest BCUT2D eigenvalue weighted by atomic mass is 10.1. The third-order valence-electron chi connectivity index (χ3n) is 2.67. The van der Waals surface area contributed by atoms with E-state index < -0.39 is 0 Å². The molecule has 6 nitrogen and oxygen atoms in total.